The predicted molar refractivity (Wildman–Crippen MR) is 70.6 cm³/mol. The lowest BCUT2D eigenvalue weighted by Crippen LogP contribution is -2.37. The van der Waals surface area contributed by atoms with E-state index in [2.05, 4.69) is 0 Å². The lowest BCUT2D eigenvalue weighted by molar-refractivity contribution is 0.181. The molecule has 1 atom stereocenters. The maximum atomic E-state index is 13.6. The molecule has 0 amide bonds. The Labute approximate surface area is 121 Å². The third-order valence-corrected chi connectivity index (χ3v) is 5.80. The fourth-order valence-electron chi connectivity index (χ4n) is 1.87. The molecule has 1 aromatic carbocycles. The summed E-state index contributed by atoms with van der Waals surface area (Å²) in [5, 5.41) is -0.700. The largest absolute Gasteiger partial charge is 0.380 e. The van der Waals surface area contributed by atoms with Crippen molar-refractivity contribution in [3.05, 3.63) is 28.0 Å². The molecule has 0 saturated carbocycles. The molecule has 0 aromatic heterocycles. The van der Waals surface area contributed by atoms with Crippen LogP contribution in [0.1, 0.15) is 6.42 Å². The van der Waals surface area contributed by atoms with E-state index in [9.17, 15) is 12.8 Å². The van der Waals surface area contributed by atoms with Crippen LogP contribution in [-0.4, -0.2) is 39.0 Å². The Morgan fingerprint density at radius 2 is 2.11 bits per heavy atom. The van der Waals surface area contributed by atoms with E-state index in [1.165, 1.54) is 19.2 Å². The molecular formula is C11H12Cl2FNO3S. The molecule has 4 nitrogen and oxygen atoms in total. The van der Waals surface area contributed by atoms with Gasteiger partial charge in [0.05, 0.1) is 22.7 Å². The zero-order chi connectivity index (χ0) is 14.2. The van der Waals surface area contributed by atoms with Crippen LogP contribution in [-0.2, 0) is 14.8 Å². The van der Waals surface area contributed by atoms with Crippen LogP contribution < -0.4 is 0 Å². The van der Waals surface area contributed by atoms with Crippen molar-refractivity contribution in [1.82, 2.24) is 4.31 Å². The van der Waals surface area contributed by atoms with Gasteiger partial charge in [0.15, 0.2) is 5.82 Å². The maximum Gasteiger partial charge on any atom is 0.244 e. The molecule has 0 bridgehead atoms. The second kappa shape index (κ2) is 5.54. The Morgan fingerprint density at radius 1 is 1.42 bits per heavy atom. The van der Waals surface area contributed by atoms with Crippen molar-refractivity contribution in [3.63, 3.8) is 0 Å². The predicted octanol–water partition coefficient (Wildman–Crippen LogP) is 2.54. The van der Waals surface area contributed by atoms with Crippen LogP contribution in [0.4, 0.5) is 4.39 Å². The van der Waals surface area contributed by atoms with Gasteiger partial charge in [0.1, 0.15) is 4.90 Å². The fourth-order valence-corrected chi connectivity index (χ4v) is 3.96. The monoisotopic (exact) mass is 327 g/mol. The van der Waals surface area contributed by atoms with E-state index in [0.717, 1.165) is 4.31 Å². The number of hydrogen-bond donors (Lipinski definition) is 0. The van der Waals surface area contributed by atoms with Crippen molar-refractivity contribution in [2.24, 2.45) is 0 Å². The lowest BCUT2D eigenvalue weighted by Gasteiger charge is -2.23. The van der Waals surface area contributed by atoms with Crippen LogP contribution in [0.2, 0.25) is 10.0 Å². The average Bonchev–Trinajstić information content (AvgIpc) is 2.88. The number of hydrogen-bond acceptors (Lipinski definition) is 3. The topological polar surface area (TPSA) is 46.6 Å². The quantitative estimate of drug-likeness (QED) is 0.801. The molecule has 0 spiro atoms. The van der Waals surface area contributed by atoms with Crippen molar-refractivity contribution in [1.29, 1.82) is 0 Å². The normalized spacial score (nSPS) is 20.2. The van der Waals surface area contributed by atoms with Crippen LogP contribution in [0.3, 0.4) is 0 Å². The van der Waals surface area contributed by atoms with Gasteiger partial charge in [-0.3, -0.25) is 0 Å². The average molecular weight is 328 g/mol. The molecule has 19 heavy (non-hydrogen) atoms. The summed E-state index contributed by atoms with van der Waals surface area (Å²) in [4.78, 5) is -0.287. The van der Waals surface area contributed by atoms with Crippen molar-refractivity contribution >= 4 is 33.2 Å². The lowest BCUT2D eigenvalue weighted by atomic mass is 10.3. The minimum absolute atomic E-state index is 0.212. The molecular weight excluding hydrogens is 316 g/mol. The molecule has 1 saturated heterocycles. The third-order valence-electron chi connectivity index (χ3n) is 3.08. The van der Waals surface area contributed by atoms with Crippen LogP contribution in [0, 0.1) is 5.82 Å². The molecule has 8 heteroatoms. The highest BCUT2D eigenvalue weighted by Gasteiger charge is 2.33. The molecule has 0 aliphatic carbocycles. The second-order valence-corrected chi connectivity index (χ2v) is 6.96. The number of sulfonamides is 1. The van der Waals surface area contributed by atoms with Crippen molar-refractivity contribution < 1.29 is 17.5 Å². The van der Waals surface area contributed by atoms with E-state index in [1.54, 1.807) is 0 Å². The Hall–Kier alpha value is -0.400. The van der Waals surface area contributed by atoms with Crippen LogP contribution in [0.15, 0.2) is 17.0 Å². The number of ether oxygens (including phenoxy) is 1. The number of rotatable bonds is 3. The number of halogens is 3. The van der Waals surface area contributed by atoms with Crippen LogP contribution in [0.25, 0.3) is 0 Å². The van der Waals surface area contributed by atoms with E-state index in [-0.39, 0.29) is 16.0 Å². The number of benzene rings is 1. The van der Waals surface area contributed by atoms with E-state index < -0.39 is 20.9 Å². The second-order valence-electron chi connectivity index (χ2n) is 4.21. The van der Waals surface area contributed by atoms with Gasteiger partial charge < -0.3 is 4.74 Å². The summed E-state index contributed by atoms with van der Waals surface area (Å²) in [6, 6.07) is 2.11. The summed E-state index contributed by atoms with van der Waals surface area (Å²) >= 11 is 11.3. The molecule has 106 valence electrons. The van der Waals surface area contributed by atoms with Crippen LogP contribution >= 0.6 is 23.2 Å². The fraction of sp³-hybridized carbons (Fsp3) is 0.455. The van der Waals surface area contributed by atoms with Gasteiger partial charge in [-0.1, -0.05) is 23.2 Å². The molecule has 1 aliphatic heterocycles. The molecule has 1 aliphatic rings. The molecule has 1 fully saturated rings. The van der Waals surface area contributed by atoms with Crippen molar-refractivity contribution in [3.8, 4) is 0 Å². The van der Waals surface area contributed by atoms with E-state index in [1.807, 2.05) is 0 Å². The first kappa shape index (κ1) is 15.0. The molecule has 1 heterocycles. The van der Waals surface area contributed by atoms with Gasteiger partial charge in [-0.2, -0.15) is 4.31 Å². The van der Waals surface area contributed by atoms with Crippen molar-refractivity contribution in [2.45, 2.75) is 17.4 Å². The third kappa shape index (κ3) is 2.73. The molecule has 1 aromatic rings. The minimum atomic E-state index is -3.87. The van der Waals surface area contributed by atoms with Crippen molar-refractivity contribution in [2.75, 3.05) is 20.3 Å². The standard InChI is InChI=1S/C11H12Cl2FNO3S/c1-15(7-4-5-18-6-7)19(16,17)9-3-2-8(12)11(14)10(9)13/h2-3,7H,4-6H2,1H3/t7-/m0/s1. The summed E-state index contributed by atoms with van der Waals surface area (Å²) in [5.74, 6) is -0.930. The van der Waals surface area contributed by atoms with Gasteiger partial charge in [0, 0.05) is 13.7 Å². The Morgan fingerprint density at radius 3 is 2.68 bits per heavy atom. The van der Waals surface area contributed by atoms with Gasteiger partial charge in [0.2, 0.25) is 10.0 Å². The van der Waals surface area contributed by atoms with Gasteiger partial charge in [-0.05, 0) is 18.6 Å². The van der Waals surface area contributed by atoms with Crippen LogP contribution in [0.5, 0.6) is 0 Å². The Bertz CT molecular complexity index is 588. The summed E-state index contributed by atoms with van der Waals surface area (Å²) in [6.07, 6.45) is 0.601. The molecule has 0 unspecified atom stereocenters. The number of nitrogens with zero attached hydrogens (tertiary/aromatic N) is 1. The molecule has 0 N–H and O–H groups in total. The first-order valence-corrected chi connectivity index (χ1v) is 7.74. The van der Waals surface area contributed by atoms with Gasteiger partial charge in [-0.15, -0.1) is 0 Å². The van der Waals surface area contributed by atoms with Gasteiger partial charge in [-0.25, -0.2) is 12.8 Å². The Balaban J connectivity index is 2.42. The summed E-state index contributed by atoms with van der Waals surface area (Å²) < 4.78 is 44.7. The first-order chi connectivity index (χ1) is 8.85. The summed E-state index contributed by atoms with van der Waals surface area (Å²) in [5.41, 5.74) is 0. The minimum Gasteiger partial charge on any atom is -0.380 e. The Kier molecular flexibility index (Phi) is 4.37. The smallest absolute Gasteiger partial charge is 0.244 e. The SMILES string of the molecule is CN([C@H]1CCOC1)S(=O)(=O)c1ccc(Cl)c(F)c1Cl. The zero-order valence-electron chi connectivity index (χ0n) is 10.1. The summed E-state index contributed by atoms with van der Waals surface area (Å²) in [6.45, 7) is 0.830. The maximum absolute atomic E-state index is 13.6. The first-order valence-electron chi connectivity index (χ1n) is 5.55. The highest BCUT2D eigenvalue weighted by molar-refractivity contribution is 7.89. The number of likely N-dealkylation sites (N-methyl/N-ethyl adjacent to an activating group) is 1. The summed E-state index contributed by atoms with van der Waals surface area (Å²) in [7, 11) is -2.44. The van der Waals surface area contributed by atoms with E-state index in [4.69, 9.17) is 27.9 Å². The molecule has 2 rings (SSSR count). The van der Waals surface area contributed by atoms with Gasteiger partial charge >= 0.3 is 0 Å². The highest BCUT2D eigenvalue weighted by Crippen LogP contribution is 2.32. The zero-order valence-corrected chi connectivity index (χ0v) is 12.4. The molecule has 0 radical (unpaired) electrons. The van der Waals surface area contributed by atoms with E-state index >= 15 is 0 Å². The highest BCUT2D eigenvalue weighted by atomic mass is 35.5. The van der Waals surface area contributed by atoms with E-state index in [0.29, 0.717) is 19.6 Å². The van der Waals surface area contributed by atoms with Gasteiger partial charge in [0.25, 0.3) is 0 Å².